The second-order valence-electron chi connectivity index (χ2n) is 7.44. The van der Waals surface area contributed by atoms with E-state index in [-0.39, 0.29) is 11.9 Å². The number of carbonyl (C=O) groups is 1. The van der Waals surface area contributed by atoms with E-state index in [1.807, 2.05) is 32.2 Å². The molecule has 0 saturated heterocycles. The zero-order valence-electron chi connectivity index (χ0n) is 16.5. The first-order chi connectivity index (χ1) is 13.0. The Hall–Kier alpha value is -2.50. The first-order valence-corrected chi connectivity index (χ1v) is 9.79. The van der Waals surface area contributed by atoms with Crippen LogP contribution >= 0.6 is 0 Å². The van der Waals surface area contributed by atoms with E-state index in [4.69, 9.17) is 4.98 Å². The van der Waals surface area contributed by atoms with Crippen LogP contribution in [0.5, 0.6) is 0 Å². The molecule has 1 N–H and O–H groups in total. The molecule has 6 nitrogen and oxygen atoms in total. The van der Waals surface area contributed by atoms with Crippen molar-refractivity contribution in [3.63, 3.8) is 0 Å². The van der Waals surface area contributed by atoms with Gasteiger partial charge in [0, 0.05) is 42.9 Å². The van der Waals surface area contributed by atoms with Gasteiger partial charge in [-0.05, 0) is 38.3 Å². The van der Waals surface area contributed by atoms with E-state index in [0.29, 0.717) is 12.5 Å². The van der Waals surface area contributed by atoms with Gasteiger partial charge < -0.3 is 10.2 Å². The van der Waals surface area contributed by atoms with Gasteiger partial charge in [0.1, 0.15) is 0 Å². The lowest BCUT2D eigenvalue weighted by atomic mass is 9.95. The number of nitrogens with zero attached hydrogens (tertiary/aromatic N) is 4. The van der Waals surface area contributed by atoms with Crippen molar-refractivity contribution in [2.75, 3.05) is 11.9 Å². The molecule has 1 saturated carbocycles. The lowest BCUT2D eigenvalue weighted by molar-refractivity contribution is -0.121. The first kappa shape index (κ1) is 19.3. The van der Waals surface area contributed by atoms with E-state index in [1.54, 1.807) is 12.4 Å². The Bertz CT molecular complexity index is 758. The number of rotatable bonds is 6. The molecule has 2 heterocycles. The fourth-order valence-electron chi connectivity index (χ4n) is 3.75. The largest absolute Gasteiger partial charge is 0.349 e. The molecule has 2 aromatic rings. The minimum Gasteiger partial charge on any atom is -0.349 e. The van der Waals surface area contributed by atoms with Crippen molar-refractivity contribution in [2.45, 2.75) is 64.5 Å². The Kier molecular flexibility index (Phi) is 6.37. The third kappa shape index (κ3) is 5.02. The molecule has 2 aromatic heterocycles. The molecule has 0 aliphatic heterocycles. The van der Waals surface area contributed by atoms with Crippen LogP contribution in [-0.2, 0) is 11.2 Å². The SMILES string of the molecule is Cc1nc(N(C)C2CCCCC2)ncc1C(C)NC(=O)Cc1cccnc1. The summed E-state index contributed by atoms with van der Waals surface area (Å²) in [5, 5.41) is 3.04. The normalized spacial score (nSPS) is 16.0. The minimum atomic E-state index is -0.136. The van der Waals surface area contributed by atoms with Gasteiger partial charge in [0.2, 0.25) is 11.9 Å². The molecular formula is C21H29N5O. The lowest BCUT2D eigenvalue weighted by Crippen LogP contribution is -2.35. The molecule has 0 radical (unpaired) electrons. The number of pyridine rings is 1. The number of aromatic nitrogens is 3. The van der Waals surface area contributed by atoms with Crippen LogP contribution in [0.3, 0.4) is 0 Å². The molecule has 0 aromatic carbocycles. The molecule has 1 atom stereocenters. The van der Waals surface area contributed by atoms with E-state index >= 15 is 0 Å². The zero-order chi connectivity index (χ0) is 19.2. The van der Waals surface area contributed by atoms with Gasteiger partial charge in [-0.25, -0.2) is 9.97 Å². The summed E-state index contributed by atoms with van der Waals surface area (Å²) >= 11 is 0. The molecule has 1 unspecified atom stereocenters. The average Bonchev–Trinajstić information content (AvgIpc) is 2.68. The fraction of sp³-hybridized carbons (Fsp3) is 0.524. The van der Waals surface area contributed by atoms with Gasteiger partial charge in [0.15, 0.2) is 0 Å². The molecule has 1 aliphatic carbocycles. The summed E-state index contributed by atoms with van der Waals surface area (Å²) < 4.78 is 0. The highest BCUT2D eigenvalue weighted by molar-refractivity contribution is 5.78. The fourth-order valence-corrected chi connectivity index (χ4v) is 3.75. The van der Waals surface area contributed by atoms with E-state index < -0.39 is 0 Å². The topological polar surface area (TPSA) is 71.0 Å². The molecule has 0 spiro atoms. The van der Waals surface area contributed by atoms with Gasteiger partial charge in [0.05, 0.1) is 12.5 Å². The second-order valence-corrected chi connectivity index (χ2v) is 7.44. The molecule has 144 valence electrons. The van der Waals surface area contributed by atoms with E-state index in [2.05, 4.69) is 27.2 Å². The summed E-state index contributed by atoms with van der Waals surface area (Å²) in [4.78, 5) is 27.9. The third-order valence-corrected chi connectivity index (χ3v) is 5.37. The van der Waals surface area contributed by atoms with Gasteiger partial charge in [-0.2, -0.15) is 0 Å². The number of carbonyl (C=O) groups excluding carboxylic acids is 1. The standard InChI is InChI=1S/C21H29N5O/c1-15(24-20(27)12-17-8-7-11-22-13-17)19-14-23-21(25-16(19)2)26(3)18-9-5-4-6-10-18/h7-8,11,13-15,18H,4-6,9-10,12H2,1-3H3,(H,24,27). The number of anilines is 1. The first-order valence-electron chi connectivity index (χ1n) is 9.79. The Morgan fingerprint density at radius 2 is 2.07 bits per heavy atom. The second kappa shape index (κ2) is 8.93. The maximum atomic E-state index is 12.3. The maximum absolute atomic E-state index is 12.3. The predicted octanol–water partition coefficient (Wildman–Crippen LogP) is 3.37. The molecular weight excluding hydrogens is 338 g/mol. The molecule has 1 aliphatic rings. The van der Waals surface area contributed by atoms with Crippen molar-refractivity contribution in [1.29, 1.82) is 0 Å². The summed E-state index contributed by atoms with van der Waals surface area (Å²) in [7, 11) is 2.09. The van der Waals surface area contributed by atoms with Gasteiger partial charge in [0.25, 0.3) is 0 Å². The summed E-state index contributed by atoms with van der Waals surface area (Å²) in [6.45, 7) is 3.95. The Labute approximate surface area is 161 Å². The lowest BCUT2D eigenvalue weighted by Gasteiger charge is -2.31. The number of aryl methyl sites for hydroxylation is 1. The highest BCUT2D eigenvalue weighted by atomic mass is 16.1. The Morgan fingerprint density at radius 3 is 2.74 bits per heavy atom. The van der Waals surface area contributed by atoms with Crippen LogP contribution in [0.1, 0.15) is 61.9 Å². The van der Waals surface area contributed by atoms with Gasteiger partial charge >= 0.3 is 0 Å². The van der Waals surface area contributed by atoms with Crippen molar-refractivity contribution >= 4 is 11.9 Å². The van der Waals surface area contributed by atoms with Crippen LogP contribution in [0.15, 0.2) is 30.7 Å². The van der Waals surface area contributed by atoms with Crippen LogP contribution in [0.4, 0.5) is 5.95 Å². The summed E-state index contributed by atoms with van der Waals surface area (Å²) in [6.07, 6.45) is 11.9. The van der Waals surface area contributed by atoms with E-state index in [1.165, 1.54) is 32.1 Å². The van der Waals surface area contributed by atoms with Crippen LogP contribution in [-0.4, -0.2) is 33.9 Å². The highest BCUT2D eigenvalue weighted by Gasteiger charge is 2.21. The Balaban J connectivity index is 1.63. The van der Waals surface area contributed by atoms with Crippen molar-refractivity contribution < 1.29 is 4.79 Å². The van der Waals surface area contributed by atoms with Crippen LogP contribution < -0.4 is 10.2 Å². The van der Waals surface area contributed by atoms with E-state index in [9.17, 15) is 4.79 Å². The minimum absolute atomic E-state index is 0.0294. The quantitative estimate of drug-likeness (QED) is 0.848. The van der Waals surface area contributed by atoms with Gasteiger partial charge in [-0.3, -0.25) is 9.78 Å². The summed E-state index contributed by atoms with van der Waals surface area (Å²) in [6, 6.07) is 4.14. The monoisotopic (exact) mass is 367 g/mol. The van der Waals surface area contributed by atoms with Crippen molar-refractivity contribution in [2.24, 2.45) is 0 Å². The average molecular weight is 367 g/mol. The van der Waals surface area contributed by atoms with E-state index in [0.717, 1.165) is 22.8 Å². The number of amides is 1. The third-order valence-electron chi connectivity index (χ3n) is 5.37. The number of hydrogen-bond donors (Lipinski definition) is 1. The van der Waals surface area contributed by atoms with Gasteiger partial charge in [-0.1, -0.05) is 25.3 Å². The molecule has 0 bridgehead atoms. The van der Waals surface area contributed by atoms with Gasteiger partial charge in [-0.15, -0.1) is 0 Å². The maximum Gasteiger partial charge on any atom is 0.225 e. The summed E-state index contributed by atoms with van der Waals surface area (Å²) in [5.74, 6) is 0.746. The molecule has 1 amide bonds. The Morgan fingerprint density at radius 1 is 1.30 bits per heavy atom. The van der Waals surface area contributed by atoms with Crippen molar-refractivity contribution in [3.05, 3.63) is 47.5 Å². The van der Waals surface area contributed by atoms with Crippen molar-refractivity contribution in [3.8, 4) is 0 Å². The predicted molar refractivity (Wildman–Crippen MR) is 107 cm³/mol. The van der Waals surface area contributed by atoms with Crippen molar-refractivity contribution in [1.82, 2.24) is 20.3 Å². The molecule has 3 rings (SSSR count). The molecule has 6 heteroatoms. The molecule has 1 fully saturated rings. The zero-order valence-corrected chi connectivity index (χ0v) is 16.5. The van der Waals surface area contributed by atoms with Crippen LogP contribution in [0, 0.1) is 6.92 Å². The van der Waals surface area contributed by atoms with Crippen LogP contribution in [0.2, 0.25) is 0 Å². The number of nitrogens with one attached hydrogen (secondary N) is 1. The number of hydrogen-bond acceptors (Lipinski definition) is 5. The molecule has 27 heavy (non-hydrogen) atoms. The van der Waals surface area contributed by atoms with Crippen LogP contribution in [0.25, 0.3) is 0 Å². The highest BCUT2D eigenvalue weighted by Crippen LogP contribution is 2.25. The smallest absolute Gasteiger partial charge is 0.225 e. The summed E-state index contributed by atoms with van der Waals surface area (Å²) in [5.41, 5.74) is 2.77.